The molecule has 7 nitrogen and oxygen atoms in total. The van der Waals surface area contributed by atoms with E-state index in [1.54, 1.807) is 4.90 Å². The number of aromatic nitrogens is 1. The van der Waals surface area contributed by atoms with Crippen LogP contribution in [0.3, 0.4) is 0 Å². The quantitative estimate of drug-likeness (QED) is 0.847. The van der Waals surface area contributed by atoms with Gasteiger partial charge in [-0.15, -0.1) is 0 Å². The van der Waals surface area contributed by atoms with Crippen LogP contribution in [0.25, 0.3) is 0 Å². The number of nitrogens with zero attached hydrogens (tertiary/aromatic N) is 2. The van der Waals surface area contributed by atoms with Crippen LogP contribution in [0.4, 0.5) is 4.79 Å². The zero-order chi connectivity index (χ0) is 16.3. The second-order valence-electron chi connectivity index (χ2n) is 5.84. The van der Waals surface area contributed by atoms with E-state index in [0.717, 1.165) is 17.6 Å². The van der Waals surface area contributed by atoms with E-state index in [4.69, 9.17) is 0 Å². The van der Waals surface area contributed by atoms with Gasteiger partial charge in [0.05, 0.1) is 12.8 Å². The molecule has 0 radical (unpaired) electrons. The van der Waals surface area contributed by atoms with Crippen LogP contribution < -0.4 is 10.0 Å². The van der Waals surface area contributed by atoms with E-state index in [2.05, 4.69) is 10.0 Å². The van der Waals surface area contributed by atoms with E-state index in [9.17, 15) is 13.2 Å². The van der Waals surface area contributed by atoms with Crippen molar-refractivity contribution in [1.82, 2.24) is 19.5 Å². The topological polar surface area (TPSA) is 83.4 Å². The van der Waals surface area contributed by atoms with Crippen molar-refractivity contribution in [2.75, 3.05) is 19.3 Å². The molecular formula is C14H24N4O3S. The second-order valence-corrected chi connectivity index (χ2v) is 7.62. The monoisotopic (exact) mass is 328 g/mol. The smallest absolute Gasteiger partial charge is 0.317 e. The molecular weight excluding hydrogens is 304 g/mol. The number of hydrogen-bond donors (Lipinski definition) is 2. The maximum Gasteiger partial charge on any atom is 0.317 e. The maximum atomic E-state index is 12.1. The minimum atomic E-state index is -3.18. The summed E-state index contributed by atoms with van der Waals surface area (Å²) in [6, 6.07) is 3.84. The molecule has 22 heavy (non-hydrogen) atoms. The largest absolute Gasteiger partial charge is 0.350 e. The Labute approximate surface area is 131 Å². The summed E-state index contributed by atoms with van der Waals surface area (Å²) < 4.78 is 27.0. The molecule has 0 aromatic carbocycles. The van der Waals surface area contributed by atoms with Crippen molar-refractivity contribution in [3.63, 3.8) is 0 Å². The first-order valence-corrected chi connectivity index (χ1v) is 9.26. The zero-order valence-corrected chi connectivity index (χ0v) is 14.1. The van der Waals surface area contributed by atoms with Crippen LogP contribution in [0.15, 0.2) is 12.1 Å². The Balaban J connectivity index is 1.79. The molecule has 0 atom stereocenters. The lowest BCUT2D eigenvalue weighted by Gasteiger charge is -2.32. The van der Waals surface area contributed by atoms with Crippen LogP contribution in [0, 0.1) is 6.92 Å². The molecule has 2 amide bonds. The molecule has 1 aliphatic heterocycles. The molecule has 0 spiro atoms. The molecule has 124 valence electrons. The van der Waals surface area contributed by atoms with Gasteiger partial charge in [-0.2, -0.15) is 0 Å². The molecule has 1 fully saturated rings. The van der Waals surface area contributed by atoms with Gasteiger partial charge in [0.2, 0.25) is 10.0 Å². The number of piperidine rings is 1. The van der Waals surface area contributed by atoms with E-state index >= 15 is 0 Å². The third-order valence-corrected chi connectivity index (χ3v) is 4.82. The van der Waals surface area contributed by atoms with E-state index in [1.165, 1.54) is 0 Å². The number of rotatable bonds is 4. The van der Waals surface area contributed by atoms with Crippen molar-refractivity contribution >= 4 is 16.1 Å². The number of likely N-dealkylation sites (tertiary alicyclic amines) is 1. The number of carbonyl (C=O) groups excluding carboxylic acids is 1. The van der Waals surface area contributed by atoms with Crippen molar-refractivity contribution < 1.29 is 13.2 Å². The molecule has 0 unspecified atom stereocenters. The standard InChI is InChI=1S/C14H24N4O3S/c1-11-4-5-13(17(11)2)10-15-14(19)18-8-6-12(7-9-18)16-22(3,20)21/h4-5,12,16H,6-10H2,1-3H3,(H,15,19). The van der Waals surface area contributed by atoms with Crippen LogP contribution in [-0.2, 0) is 23.6 Å². The highest BCUT2D eigenvalue weighted by Crippen LogP contribution is 2.12. The molecule has 0 saturated carbocycles. The highest BCUT2D eigenvalue weighted by atomic mass is 32.2. The first-order valence-electron chi connectivity index (χ1n) is 7.37. The summed E-state index contributed by atoms with van der Waals surface area (Å²) in [4.78, 5) is 13.9. The number of aryl methyl sites for hydroxylation is 1. The third kappa shape index (κ3) is 4.48. The number of urea groups is 1. The van der Waals surface area contributed by atoms with Crippen molar-refractivity contribution in [3.8, 4) is 0 Å². The summed E-state index contributed by atoms with van der Waals surface area (Å²) in [6.45, 7) is 3.63. The van der Waals surface area contributed by atoms with Gasteiger partial charge in [-0.25, -0.2) is 17.9 Å². The van der Waals surface area contributed by atoms with Crippen LogP contribution in [0.1, 0.15) is 24.2 Å². The molecule has 1 saturated heterocycles. The highest BCUT2D eigenvalue weighted by molar-refractivity contribution is 7.88. The normalized spacial score (nSPS) is 16.8. The molecule has 1 aromatic heterocycles. The number of hydrogen-bond acceptors (Lipinski definition) is 3. The summed E-state index contributed by atoms with van der Waals surface area (Å²) in [7, 11) is -1.21. The van der Waals surface area contributed by atoms with Crippen molar-refractivity contribution in [1.29, 1.82) is 0 Å². The van der Waals surface area contributed by atoms with Gasteiger partial charge >= 0.3 is 6.03 Å². The number of sulfonamides is 1. The van der Waals surface area contributed by atoms with Gasteiger partial charge in [0, 0.05) is 37.6 Å². The number of nitrogens with one attached hydrogen (secondary N) is 2. The molecule has 2 rings (SSSR count). The minimum Gasteiger partial charge on any atom is -0.350 e. The molecule has 0 bridgehead atoms. The zero-order valence-electron chi connectivity index (χ0n) is 13.3. The van der Waals surface area contributed by atoms with Crippen molar-refractivity contribution in [3.05, 3.63) is 23.5 Å². The molecule has 0 aliphatic carbocycles. The van der Waals surface area contributed by atoms with Gasteiger partial charge in [0.1, 0.15) is 0 Å². The Morgan fingerprint density at radius 2 is 1.95 bits per heavy atom. The van der Waals surface area contributed by atoms with Crippen molar-refractivity contribution in [2.45, 2.75) is 32.4 Å². The molecule has 1 aliphatic rings. The van der Waals surface area contributed by atoms with Gasteiger partial charge in [0.25, 0.3) is 0 Å². The average molecular weight is 328 g/mol. The van der Waals surface area contributed by atoms with Gasteiger partial charge in [-0.3, -0.25) is 0 Å². The van der Waals surface area contributed by atoms with Crippen LogP contribution in [0.5, 0.6) is 0 Å². The van der Waals surface area contributed by atoms with E-state index in [1.807, 2.05) is 30.7 Å². The van der Waals surface area contributed by atoms with E-state index in [-0.39, 0.29) is 12.1 Å². The highest BCUT2D eigenvalue weighted by Gasteiger charge is 2.24. The SMILES string of the molecule is Cc1ccc(CNC(=O)N2CCC(NS(C)(=O)=O)CC2)n1C. The Morgan fingerprint density at radius 1 is 1.32 bits per heavy atom. The summed E-state index contributed by atoms with van der Waals surface area (Å²) >= 11 is 0. The number of amides is 2. The van der Waals surface area contributed by atoms with Crippen LogP contribution in [-0.4, -0.2) is 49.3 Å². The Hall–Kier alpha value is -1.54. The van der Waals surface area contributed by atoms with Gasteiger partial charge in [-0.05, 0) is 31.9 Å². The third-order valence-electron chi connectivity index (χ3n) is 4.06. The summed E-state index contributed by atoms with van der Waals surface area (Å²) in [5.41, 5.74) is 2.20. The van der Waals surface area contributed by atoms with E-state index < -0.39 is 10.0 Å². The van der Waals surface area contributed by atoms with E-state index in [0.29, 0.717) is 32.5 Å². The molecule has 8 heteroatoms. The minimum absolute atomic E-state index is 0.0745. The molecule has 2 heterocycles. The summed E-state index contributed by atoms with van der Waals surface area (Å²) in [5.74, 6) is 0. The maximum absolute atomic E-state index is 12.1. The Morgan fingerprint density at radius 3 is 2.45 bits per heavy atom. The Bertz CT molecular complexity index is 631. The van der Waals surface area contributed by atoms with Gasteiger partial charge in [-0.1, -0.05) is 0 Å². The van der Waals surface area contributed by atoms with Crippen LogP contribution >= 0.6 is 0 Å². The lowest BCUT2D eigenvalue weighted by molar-refractivity contribution is 0.179. The lowest BCUT2D eigenvalue weighted by Crippen LogP contribution is -2.49. The first-order chi connectivity index (χ1) is 10.3. The van der Waals surface area contributed by atoms with Gasteiger partial charge < -0.3 is 14.8 Å². The Kier molecular flexibility index (Phi) is 5.12. The molecule has 2 N–H and O–H groups in total. The fourth-order valence-electron chi connectivity index (χ4n) is 2.63. The fraction of sp³-hybridized carbons (Fsp3) is 0.643. The first kappa shape index (κ1) is 16.8. The van der Waals surface area contributed by atoms with Crippen molar-refractivity contribution in [2.24, 2.45) is 7.05 Å². The van der Waals surface area contributed by atoms with Gasteiger partial charge in [0.15, 0.2) is 0 Å². The predicted octanol–water partition coefficient (Wildman–Crippen LogP) is 0.557. The molecule has 1 aromatic rings. The lowest BCUT2D eigenvalue weighted by atomic mass is 10.1. The predicted molar refractivity (Wildman–Crippen MR) is 85.0 cm³/mol. The number of carbonyl (C=O) groups is 1. The summed E-state index contributed by atoms with van der Waals surface area (Å²) in [6.07, 6.45) is 2.45. The average Bonchev–Trinajstić information content (AvgIpc) is 2.75. The van der Waals surface area contributed by atoms with Crippen LogP contribution in [0.2, 0.25) is 0 Å². The fourth-order valence-corrected chi connectivity index (χ4v) is 3.47. The second kappa shape index (κ2) is 6.70. The summed E-state index contributed by atoms with van der Waals surface area (Å²) in [5, 5.41) is 2.91.